The summed E-state index contributed by atoms with van der Waals surface area (Å²) in [6.45, 7) is 3.51. The van der Waals surface area contributed by atoms with Gasteiger partial charge in [-0.05, 0) is 23.5 Å². The average molecular weight is 321 g/mol. The van der Waals surface area contributed by atoms with Gasteiger partial charge in [-0.1, -0.05) is 38.1 Å². The molecule has 0 spiro atoms. The third-order valence-electron chi connectivity index (χ3n) is 3.08. The number of alkyl halides is 2. The second kappa shape index (κ2) is 6.48. The monoisotopic (exact) mass is 321 g/mol. The van der Waals surface area contributed by atoms with Crippen LogP contribution in [0.25, 0.3) is 0 Å². The summed E-state index contributed by atoms with van der Waals surface area (Å²) in [5.41, 5.74) is 1.45. The number of rotatable bonds is 6. The highest BCUT2D eigenvalue weighted by Crippen LogP contribution is 2.23. The number of halogens is 2. The van der Waals surface area contributed by atoms with E-state index in [4.69, 9.17) is 0 Å². The molecule has 0 aromatic heterocycles. The van der Waals surface area contributed by atoms with E-state index in [1.54, 1.807) is 24.3 Å². The molecule has 8 heteroatoms. The van der Waals surface area contributed by atoms with E-state index in [9.17, 15) is 26.5 Å². The summed E-state index contributed by atoms with van der Waals surface area (Å²) >= 11 is 0. The standard InChI is InChI=1S/C13H16F2O5S/c1-3-9(2)11-6-4-10(5-7-11)8-20-12(16)13(14,15)21(17,18)19/h4-7,9H,3,8H2,1-2H3,(H,17,18,19)/p-1. The average Bonchev–Trinajstić information content (AvgIpc) is 2.43. The Balaban J connectivity index is 2.70. The van der Waals surface area contributed by atoms with Gasteiger partial charge in [0, 0.05) is 0 Å². The summed E-state index contributed by atoms with van der Waals surface area (Å²) in [6, 6.07) is 6.69. The van der Waals surface area contributed by atoms with E-state index >= 15 is 0 Å². The van der Waals surface area contributed by atoms with E-state index in [0.717, 1.165) is 12.0 Å². The minimum absolute atomic E-state index is 0.330. The van der Waals surface area contributed by atoms with E-state index in [2.05, 4.69) is 4.74 Å². The van der Waals surface area contributed by atoms with Crippen LogP contribution < -0.4 is 0 Å². The lowest BCUT2D eigenvalue weighted by molar-refractivity contribution is -0.162. The summed E-state index contributed by atoms with van der Waals surface area (Å²) in [7, 11) is -6.09. The van der Waals surface area contributed by atoms with Crippen LogP contribution in [0.1, 0.15) is 37.3 Å². The van der Waals surface area contributed by atoms with E-state index in [1.807, 2.05) is 13.8 Å². The van der Waals surface area contributed by atoms with Crippen molar-refractivity contribution in [2.45, 2.75) is 38.0 Å². The summed E-state index contributed by atoms with van der Waals surface area (Å²) in [4.78, 5) is 11.0. The number of esters is 1. The third kappa shape index (κ3) is 4.21. The Labute approximate surface area is 121 Å². The van der Waals surface area contributed by atoms with Crippen molar-refractivity contribution in [3.63, 3.8) is 0 Å². The maximum absolute atomic E-state index is 12.9. The van der Waals surface area contributed by atoms with E-state index in [0.29, 0.717) is 11.5 Å². The minimum atomic E-state index is -6.09. The van der Waals surface area contributed by atoms with Crippen LogP contribution in [0.2, 0.25) is 0 Å². The summed E-state index contributed by atoms with van der Waals surface area (Å²) in [5.74, 6) is -2.04. The first-order chi connectivity index (χ1) is 9.59. The zero-order valence-corrected chi connectivity index (χ0v) is 12.3. The lowest BCUT2D eigenvalue weighted by Gasteiger charge is -2.18. The van der Waals surface area contributed by atoms with Crippen molar-refractivity contribution < 1.29 is 31.3 Å². The molecule has 0 aliphatic heterocycles. The molecule has 1 rings (SSSR count). The molecule has 21 heavy (non-hydrogen) atoms. The normalized spacial score (nSPS) is 13.8. The van der Waals surface area contributed by atoms with Gasteiger partial charge in [0.2, 0.25) is 0 Å². The molecule has 118 valence electrons. The summed E-state index contributed by atoms with van der Waals surface area (Å²) in [6.07, 6.45) is 0.932. The molecule has 0 saturated carbocycles. The molecule has 0 aliphatic carbocycles. The van der Waals surface area contributed by atoms with Crippen LogP contribution in [0.4, 0.5) is 8.78 Å². The van der Waals surface area contributed by atoms with Crippen molar-refractivity contribution in [1.82, 2.24) is 0 Å². The molecule has 0 radical (unpaired) electrons. The molecular weight excluding hydrogens is 306 g/mol. The van der Waals surface area contributed by atoms with Gasteiger partial charge in [-0.15, -0.1) is 0 Å². The summed E-state index contributed by atoms with van der Waals surface area (Å²) in [5, 5.41) is -5.08. The van der Waals surface area contributed by atoms with E-state index in [-0.39, 0.29) is 0 Å². The van der Waals surface area contributed by atoms with Crippen LogP contribution in [0, 0.1) is 0 Å². The van der Waals surface area contributed by atoms with Gasteiger partial charge >= 0.3 is 11.2 Å². The predicted octanol–water partition coefficient (Wildman–Crippen LogP) is 2.38. The van der Waals surface area contributed by atoms with Crippen molar-refractivity contribution in [2.75, 3.05) is 0 Å². The quantitative estimate of drug-likeness (QED) is 0.593. The second-order valence-electron chi connectivity index (χ2n) is 4.60. The summed E-state index contributed by atoms with van der Waals surface area (Å²) < 4.78 is 60.7. The molecule has 0 amide bonds. The van der Waals surface area contributed by atoms with Crippen molar-refractivity contribution in [3.05, 3.63) is 35.4 Å². The number of carbonyl (C=O) groups is 1. The number of carbonyl (C=O) groups excluding carboxylic acids is 1. The van der Waals surface area contributed by atoms with Gasteiger partial charge in [-0.2, -0.15) is 8.78 Å². The molecule has 1 unspecified atom stereocenters. The molecule has 0 heterocycles. The van der Waals surface area contributed by atoms with Crippen molar-refractivity contribution >= 4 is 16.1 Å². The molecule has 0 saturated heterocycles. The molecule has 1 aromatic rings. The van der Waals surface area contributed by atoms with Crippen LogP contribution in [-0.4, -0.2) is 24.2 Å². The Hall–Kier alpha value is -1.54. The largest absolute Gasteiger partial charge is 0.743 e. The Kier molecular flexibility index (Phi) is 5.41. The number of hydrogen-bond donors (Lipinski definition) is 0. The van der Waals surface area contributed by atoms with Crippen LogP contribution >= 0.6 is 0 Å². The van der Waals surface area contributed by atoms with Crippen molar-refractivity contribution in [3.8, 4) is 0 Å². The van der Waals surface area contributed by atoms with E-state index < -0.39 is 27.9 Å². The zero-order chi connectivity index (χ0) is 16.3. The SMILES string of the molecule is CCC(C)c1ccc(COC(=O)C(F)(F)S(=O)(=O)[O-])cc1. The lowest BCUT2D eigenvalue weighted by atomic mass is 9.98. The maximum atomic E-state index is 12.9. The van der Waals surface area contributed by atoms with Gasteiger partial charge in [0.25, 0.3) is 0 Å². The van der Waals surface area contributed by atoms with Crippen LogP contribution in [0.3, 0.4) is 0 Å². The first-order valence-electron chi connectivity index (χ1n) is 6.19. The van der Waals surface area contributed by atoms with Crippen LogP contribution in [-0.2, 0) is 26.3 Å². The number of hydrogen-bond acceptors (Lipinski definition) is 5. The van der Waals surface area contributed by atoms with Gasteiger partial charge in [0.15, 0.2) is 10.1 Å². The van der Waals surface area contributed by atoms with E-state index in [1.165, 1.54) is 0 Å². The lowest BCUT2D eigenvalue weighted by Crippen LogP contribution is -2.38. The topological polar surface area (TPSA) is 83.5 Å². The number of ether oxygens (including phenoxy) is 1. The second-order valence-corrected chi connectivity index (χ2v) is 6.02. The van der Waals surface area contributed by atoms with Gasteiger partial charge in [-0.25, -0.2) is 13.2 Å². The van der Waals surface area contributed by atoms with Crippen molar-refractivity contribution in [1.29, 1.82) is 0 Å². The van der Waals surface area contributed by atoms with Crippen LogP contribution in [0.15, 0.2) is 24.3 Å². The molecule has 1 atom stereocenters. The van der Waals surface area contributed by atoms with Gasteiger partial charge in [-0.3, -0.25) is 0 Å². The number of benzene rings is 1. The first-order valence-corrected chi connectivity index (χ1v) is 7.59. The Morgan fingerprint density at radius 2 is 1.86 bits per heavy atom. The molecule has 0 aliphatic rings. The highest BCUT2D eigenvalue weighted by molar-refractivity contribution is 7.87. The molecule has 0 N–H and O–H groups in total. The smallest absolute Gasteiger partial charge is 0.428 e. The van der Waals surface area contributed by atoms with Gasteiger partial charge in [0.1, 0.15) is 6.61 Å². The zero-order valence-electron chi connectivity index (χ0n) is 11.5. The predicted molar refractivity (Wildman–Crippen MR) is 69.6 cm³/mol. The molecular formula is C13H15F2O5S-. The Bertz CT molecular complexity index is 595. The highest BCUT2D eigenvalue weighted by Gasteiger charge is 2.48. The van der Waals surface area contributed by atoms with Gasteiger partial charge in [0.05, 0.1) is 0 Å². The minimum Gasteiger partial charge on any atom is -0.743 e. The third-order valence-corrected chi connectivity index (χ3v) is 3.88. The van der Waals surface area contributed by atoms with Gasteiger partial charge < -0.3 is 9.29 Å². The molecule has 5 nitrogen and oxygen atoms in total. The molecule has 0 bridgehead atoms. The molecule has 0 fully saturated rings. The highest BCUT2D eigenvalue weighted by atomic mass is 32.2. The van der Waals surface area contributed by atoms with Crippen molar-refractivity contribution in [2.24, 2.45) is 0 Å². The Morgan fingerprint density at radius 3 is 2.29 bits per heavy atom. The molecule has 1 aromatic carbocycles. The fourth-order valence-corrected chi connectivity index (χ4v) is 1.78. The fraction of sp³-hybridized carbons (Fsp3) is 0.462. The fourth-order valence-electron chi connectivity index (χ4n) is 1.51. The van der Waals surface area contributed by atoms with Crippen LogP contribution in [0.5, 0.6) is 0 Å². The maximum Gasteiger partial charge on any atom is 0.428 e. The first kappa shape index (κ1) is 17.5. The Morgan fingerprint density at radius 1 is 1.33 bits per heavy atom.